The summed E-state index contributed by atoms with van der Waals surface area (Å²) in [4.78, 5) is 11.8. The van der Waals surface area contributed by atoms with Crippen LogP contribution in [0.3, 0.4) is 0 Å². The topological polar surface area (TPSA) is 38.3 Å². The number of carbonyl (C=O) groups excluding carboxylic acids is 1. The summed E-state index contributed by atoms with van der Waals surface area (Å²) in [6.45, 7) is 5.59. The van der Waals surface area contributed by atoms with E-state index in [-0.39, 0.29) is 12.0 Å². The lowest BCUT2D eigenvalue weighted by Crippen LogP contribution is -2.32. The van der Waals surface area contributed by atoms with Crippen molar-refractivity contribution >= 4 is 5.91 Å². The fourth-order valence-corrected chi connectivity index (χ4v) is 2.31. The third-order valence-corrected chi connectivity index (χ3v) is 3.40. The van der Waals surface area contributed by atoms with Crippen molar-refractivity contribution in [2.24, 2.45) is 0 Å². The summed E-state index contributed by atoms with van der Waals surface area (Å²) < 4.78 is 5.48. The highest BCUT2D eigenvalue weighted by Crippen LogP contribution is 2.12. The van der Waals surface area contributed by atoms with Crippen LogP contribution < -0.4 is 5.32 Å². The largest absolute Gasteiger partial charge is 0.376 e. The number of rotatable bonds is 4. The highest BCUT2D eigenvalue weighted by atomic mass is 16.5. The predicted octanol–water partition coefficient (Wildman–Crippen LogP) is 2.14. The van der Waals surface area contributed by atoms with E-state index in [1.807, 2.05) is 6.07 Å². The quantitative estimate of drug-likeness (QED) is 0.885. The molecular weight excluding hydrogens is 226 g/mol. The van der Waals surface area contributed by atoms with Crippen LogP contribution in [-0.2, 0) is 16.0 Å². The Balaban J connectivity index is 1.82. The molecule has 0 radical (unpaired) electrons. The molecule has 0 aliphatic carbocycles. The number of aryl methyl sites for hydroxylation is 2. The Morgan fingerprint density at radius 1 is 1.44 bits per heavy atom. The predicted molar refractivity (Wildman–Crippen MR) is 71.6 cm³/mol. The SMILES string of the molecule is Cc1ccc(CC(=O)NC[C@@H]2CCCO2)c(C)c1. The van der Waals surface area contributed by atoms with Gasteiger partial charge in [0.15, 0.2) is 0 Å². The number of benzene rings is 1. The van der Waals surface area contributed by atoms with E-state index in [9.17, 15) is 4.79 Å². The zero-order chi connectivity index (χ0) is 13.0. The number of hydrogen-bond donors (Lipinski definition) is 1. The highest BCUT2D eigenvalue weighted by Gasteiger charge is 2.16. The number of amides is 1. The van der Waals surface area contributed by atoms with Gasteiger partial charge in [-0.05, 0) is 37.8 Å². The van der Waals surface area contributed by atoms with Gasteiger partial charge in [0.05, 0.1) is 12.5 Å². The maximum Gasteiger partial charge on any atom is 0.224 e. The van der Waals surface area contributed by atoms with E-state index in [4.69, 9.17) is 4.74 Å². The van der Waals surface area contributed by atoms with Crippen LogP contribution in [0.15, 0.2) is 18.2 Å². The average molecular weight is 247 g/mol. The Labute approximate surface area is 109 Å². The first kappa shape index (κ1) is 13.1. The van der Waals surface area contributed by atoms with Crippen molar-refractivity contribution in [3.8, 4) is 0 Å². The molecule has 1 heterocycles. The second-order valence-electron chi connectivity index (χ2n) is 5.05. The van der Waals surface area contributed by atoms with Gasteiger partial charge in [0.1, 0.15) is 0 Å². The molecular formula is C15H21NO2. The van der Waals surface area contributed by atoms with Crippen molar-refractivity contribution in [2.75, 3.05) is 13.2 Å². The van der Waals surface area contributed by atoms with E-state index < -0.39 is 0 Å². The van der Waals surface area contributed by atoms with Crippen molar-refractivity contribution in [2.45, 2.75) is 39.2 Å². The molecule has 1 aromatic rings. The molecule has 1 atom stereocenters. The summed E-state index contributed by atoms with van der Waals surface area (Å²) in [5, 5.41) is 2.95. The van der Waals surface area contributed by atoms with Crippen molar-refractivity contribution < 1.29 is 9.53 Å². The summed E-state index contributed by atoms with van der Waals surface area (Å²) in [6.07, 6.45) is 2.84. The van der Waals surface area contributed by atoms with E-state index in [1.165, 1.54) is 11.1 Å². The van der Waals surface area contributed by atoms with Gasteiger partial charge in [-0.3, -0.25) is 4.79 Å². The number of hydrogen-bond acceptors (Lipinski definition) is 2. The summed E-state index contributed by atoms with van der Waals surface area (Å²) in [6, 6.07) is 6.20. The van der Waals surface area contributed by atoms with Gasteiger partial charge in [-0.15, -0.1) is 0 Å². The minimum absolute atomic E-state index is 0.0810. The lowest BCUT2D eigenvalue weighted by Gasteiger charge is -2.11. The van der Waals surface area contributed by atoms with Crippen LogP contribution in [0.2, 0.25) is 0 Å². The fraction of sp³-hybridized carbons (Fsp3) is 0.533. The maximum absolute atomic E-state index is 11.8. The van der Waals surface area contributed by atoms with Gasteiger partial charge in [0, 0.05) is 13.2 Å². The van der Waals surface area contributed by atoms with Crippen LogP contribution in [0.5, 0.6) is 0 Å². The number of carbonyl (C=O) groups is 1. The van der Waals surface area contributed by atoms with Crippen molar-refractivity contribution in [3.63, 3.8) is 0 Å². The third kappa shape index (κ3) is 3.57. The molecule has 1 aliphatic heterocycles. The molecule has 2 rings (SSSR count). The normalized spacial score (nSPS) is 18.9. The minimum Gasteiger partial charge on any atom is -0.376 e. The molecule has 98 valence electrons. The van der Waals surface area contributed by atoms with E-state index in [2.05, 4.69) is 31.3 Å². The van der Waals surface area contributed by atoms with Crippen LogP contribution in [-0.4, -0.2) is 25.2 Å². The van der Waals surface area contributed by atoms with Crippen molar-refractivity contribution in [3.05, 3.63) is 34.9 Å². The van der Waals surface area contributed by atoms with Gasteiger partial charge in [-0.1, -0.05) is 23.8 Å². The van der Waals surface area contributed by atoms with Crippen LogP contribution >= 0.6 is 0 Å². The molecule has 1 aliphatic rings. The zero-order valence-electron chi connectivity index (χ0n) is 11.2. The summed E-state index contributed by atoms with van der Waals surface area (Å²) in [7, 11) is 0. The second kappa shape index (κ2) is 6.01. The lowest BCUT2D eigenvalue weighted by atomic mass is 10.0. The van der Waals surface area contributed by atoms with Gasteiger partial charge in [0.2, 0.25) is 5.91 Å². The second-order valence-corrected chi connectivity index (χ2v) is 5.05. The first-order valence-corrected chi connectivity index (χ1v) is 6.59. The number of nitrogens with one attached hydrogen (secondary N) is 1. The molecule has 3 nitrogen and oxygen atoms in total. The Bertz CT molecular complexity index is 423. The van der Waals surface area contributed by atoms with E-state index in [1.54, 1.807) is 0 Å². The minimum atomic E-state index is 0.0810. The monoisotopic (exact) mass is 247 g/mol. The highest BCUT2D eigenvalue weighted by molar-refractivity contribution is 5.78. The Morgan fingerprint density at radius 2 is 2.28 bits per heavy atom. The van der Waals surface area contributed by atoms with Crippen LogP contribution in [0, 0.1) is 13.8 Å². The Hall–Kier alpha value is -1.35. The summed E-state index contributed by atoms with van der Waals surface area (Å²) in [5.74, 6) is 0.0810. The first-order valence-electron chi connectivity index (χ1n) is 6.59. The van der Waals surface area contributed by atoms with Crippen LogP contribution in [0.25, 0.3) is 0 Å². The molecule has 1 amide bonds. The molecule has 1 saturated heterocycles. The number of ether oxygens (including phenoxy) is 1. The third-order valence-electron chi connectivity index (χ3n) is 3.40. The van der Waals surface area contributed by atoms with Crippen molar-refractivity contribution in [1.82, 2.24) is 5.32 Å². The van der Waals surface area contributed by atoms with Gasteiger partial charge in [-0.25, -0.2) is 0 Å². The first-order chi connectivity index (χ1) is 8.65. The van der Waals surface area contributed by atoms with Gasteiger partial charge < -0.3 is 10.1 Å². The molecule has 1 fully saturated rings. The Morgan fingerprint density at radius 3 is 2.94 bits per heavy atom. The molecule has 0 aromatic heterocycles. The van der Waals surface area contributed by atoms with Gasteiger partial charge in [-0.2, -0.15) is 0 Å². The van der Waals surface area contributed by atoms with E-state index in [0.29, 0.717) is 13.0 Å². The van der Waals surface area contributed by atoms with E-state index >= 15 is 0 Å². The maximum atomic E-state index is 11.8. The molecule has 3 heteroatoms. The van der Waals surface area contributed by atoms with E-state index in [0.717, 1.165) is 25.0 Å². The zero-order valence-corrected chi connectivity index (χ0v) is 11.2. The molecule has 18 heavy (non-hydrogen) atoms. The van der Waals surface area contributed by atoms with Crippen LogP contribution in [0.1, 0.15) is 29.5 Å². The standard InChI is InChI=1S/C15H21NO2/c1-11-5-6-13(12(2)8-11)9-15(17)16-10-14-4-3-7-18-14/h5-6,8,14H,3-4,7,9-10H2,1-2H3,(H,16,17)/t14-/m0/s1. The summed E-state index contributed by atoms with van der Waals surface area (Å²) in [5.41, 5.74) is 3.52. The fourth-order valence-electron chi connectivity index (χ4n) is 2.31. The molecule has 1 N–H and O–H groups in total. The lowest BCUT2D eigenvalue weighted by molar-refractivity contribution is -0.120. The van der Waals surface area contributed by atoms with Gasteiger partial charge in [0.25, 0.3) is 0 Å². The smallest absolute Gasteiger partial charge is 0.224 e. The van der Waals surface area contributed by atoms with Gasteiger partial charge >= 0.3 is 0 Å². The summed E-state index contributed by atoms with van der Waals surface area (Å²) >= 11 is 0. The Kier molecular flexibility index (Phi) is 4.37. The molecule has 0 unspecified atom stereocenters. The molecule has 0 spiro atoms. The van der Waals surface area contributed by atoms with Crippen LogP contribution in [0.4, 0.5) is 0 Å². The molecule has 1 aromatic carbocycles. The average Bonchev–Trinajstić information content (AvgIpc) is 2.83. The molecule has 0 saturated carbocycles. The van der Waals surface area contributed by atoms with Crippen molar-refractivity contribution in [1.29, 1.82) is 0 Å². The molecule has 0 bridgehead atoms.